The third-order valence-electron chi connectivity index (χ3n) is 4.18. The van der Waals surface area contributed by atoms with Gasteiger partial charge in [0.2, 0.25) is 0 Å². The van der Waals surface area contributed by atoms with Gasteiger partial charge in [0.05, 0.1) is 0 Å². The summed E-state index contributed by atoms with van der Waals surface area (Å²) in [5, 5.41) is 0. The van der Waals surface area contributed by atoms with Gasteiger partial charge in [-0.15, -0.1) is 0 Å². The lowest BCUT2D eigenvalue weighted by Gasteiger charge is -2.24. The minimum Gasteiger partial charge on any atom is -0.0622 e. The zero-order chi connectivity index (χ0) is 7.35. The van der Waals surface area contributed by atoms with Gasteiger partial charge in [-0.25, -0.2) is 0 Å². The van der Waals surface area contributed by atoms with Crippen LogP contribution < -0.4 is 0 Å². The minimum absolute atomic E-state index is 0.694. The molecule has 0 heterocycles. The maximum Gasteiger partial charge on any atom is -0.0295 e. The molecule has 0 radical (unpaired) electrons. The van der Waals surface area contributed by atoms with Gasteiger partial charge in [-0.2, -0.15) is 0 Å². The minimum atomic E-state index is 0.694. The van der Waals surface area contributed by atoms with Crippen LogP contribution in [0.5, 0.6) is 0 Å². The Balaban J connectivity index is 2.27. The van der Waals surface area contributed by atoms with Gasteiger partial charge in [-0.3, -0.25) is 0 Å². The molecule has 2 aliphatic rings. The van der Waals surface area contributed by atoms with E-state index < -0.39 is 0 Å². The van der Waals surface area contributed by atoms with Crippen molar-refractivity contribution in [3.05, 3.63) is 0 Å². The fourth-order valence-electron chi connectivity index (χ4n) is 3.48. The highest BCUT2D eigenvalue weighted by Gasteiger charge is 2.51. The Labute approximate surface area is 64.0 Å². The first kappa shape index (κ1) is 6.69. The van der Waals surface area contributed by atoms with E-state index in [4.69, 9.17) is 0 Å². The van der Waals surface area contributed by atoms with E-state index >= 15 is 0 Å². The highest BCUT2D eigenvalue weighted by atomic mass is 14.6. The Morgan fingerprint density at radius 1 is 1.20 bits per heavy atom. The summed E-state index contributed by atoms with van der Waals surface area (Å²) < 4.78 is 0. The molecule has 3 atom stereocenters. The molecule has 0 N–H and O–H groups in total. The lowest BCUT2D eigenvalue weighted by molar-refractivity contribution is 0.241. The molecule has 0 nitrogen and oxygen atoms in total. The Hall–Kier alpha value is 0. The topological polar surface area (TPSA) is 0 Å². The van der Waals surface area contributed by atoms with E-state index in [0.29, 0.717) is 5.41 Å². The molecule has 2 aliphatic carbocycles. The van der Waals surface area contributed by atoms with E-state index in [1.165, 1.54) is 19.3 Å². The second-order valence-corrected chi connectivity index (χ2v) is 4.92. The molecule has 0 aliphatic heterocycles. The van der Waals surface area contributed by atoms with Crippen LogP contribution in [-0.2, 0) is 0 Å². The van der Waals surface area contributed by atoms with Gasteiger partial charge < -0.3 is 0 Å². The van der Waals surface area contributed by atoms with E-state index in [9.17, 15) is 0 Å². The lowest BCUT2D eigenvalue weighted by Crippen LogP contribution is -2.18. The van der Waals surface area contributed by atoms with Gasteiger partial charge in [0, 0.05) is 0 Å². The molecule has 0 amide bonds. The van der Waals surface area contributed by atoms with Gasteiger partial charge in [0.15, 0.2) is 0 Å². The van der Waals surface area contributed by atoms with Gasteiger partial charge in [-0.05, 0) is 42.4 Å². The molecule has 1 unspecified atom stereocenters. The summed E-state index contributed by atoms with van der Waals surface area (Å²) in [6.45, 7) is 7.38. The molecule has 2 bridgehead atoms. The highest BCUT2D eigenvalue weighted by molar-refractivity contribution is 5.00. The maximum atomic E-state index is 2.47. The van der Waals surface area contributed by atoms with Crippen molar-refractivity contribution in [1.29, 1.82) is 0 Å². The molecule has 0 spiro atoms. The number of rotatable bonds is 0. The number of hydrogen-bond donors (Lipinski definition) is 0. The van der Waals surface area contributed by atoms with Crippen molar-refractivity contribution in [2.45, 2.75) is 40.0 Å². The molecule has 2 rings (SSSR count). The van der Waals surface area contributed by atoms with Crippen LogP contribution in [-0.4, -0.2) is 0 Å². The Morgan fingerprint density at radius 2 is 1.90 bits per heavy atom. The summed E-state index contributed by atoms with van der Waals surface area (Å²) in [4.78, 5) is 0. The van der Waals surface area contributed by atoms with Gasteiger partial charge in [0.1, 0.15) is 0 Å². The molecule has 58 valence electrons. The zero-order valence-electron chi connectivity index (χ0n) is 7.35. The quantitative estimate of drug-likeness (QED) is 0.482. The summed E-state index contributed by atoms with van der Waals surface area (Å²) >= 11 is 0. The molecule has 2 saturated carbocycles. The smallest absolute Gasteiger partial charge is 0.0295 e. The van der Waals surface area contributed by atoms with Crippen molar-refractivity contribution in [3.8, 4) is 0 Å². The molecule has 0 aromatic heterocycles. The van der Waals surface area contributed by atoms with Gasteiger partial charge in [-0.1, -0.05) is 20.8 Å². The number of fused-ring (bicyclic) bond motifs is 2. The van der Waals surface area contributed by atoms with Crippen molar-refractivity contribution >= 4 is 0 Å². The van der Waals surface area contributed by atoms with Crippen molar-refractivity contribution < 1.29 is 0 Å². The zero-order valence-corrected chi connectivity index (χ0v) is 7.35. The summed E-state index contributed by atoms with van der Waals surface area (Å²) in [7, 11) is 0. The molecule has 10 heavy (non-hydrogen) atoms. The maximum absolute atomic E-state index is 2.47. The van der Waals surface area contributed by atoms with Crippen LogP contribution >= 0.6 is 0 Å². The largest absolute Gasteiger partial charge is 0.0622 e. The fourth-order valence-corrected chi connectivity index (χ4v) is 3.48. The molecule has 0 aromatic carbocycles. The SMILES string of the molecule is CC1C[C@@H]2CC[C@H]1C2(C)C. The van der Waals surface area contributed by atoms with Crippen molar-refractivity contribution in [1.82, 2.24) is 0 Å². The average Bonchev–Trinajstić information content (AvgIpc) is 2.20. The van der Waals surface area contributed by atoms with Crippen LogP contribution in [0.3, 0.4) is 0 Å². The second kappa shape index (κ2) is 1.78. The fraction of sp³-hybridized carbons (Fsp3) is 1.00. The Bertz CT molecular complexity index is 146. The van der Waals surface area contributed by atoms with Crippen LogP contribution in [0.15, 0.2) is 0 Å². The summed E-state index contributed by atoms with van der Waals surface area (Å²) in [5.41, 5.74) is 0.694. The van der Waals surface area contributed by atoms with Gasteiger partial charge in [0.25, 0.3) is 0 Å². The first-order valence-electron chi connectivity index (χ1n) is 4.62. The summed E-state index contributed by atoms with van der Waals surface area (Å²) in [6.07, 6.45) is 4.54. The molecule has 0 saturated heterocycles. The van der Waals surface area contributed by atoms with Crippen molar-refractivity contribution in [2.75, 3.05) is 0 Å². The molecular formula is C10H18. The number of hydrogen-bond acceptors (Lipinski definition) is 0. The van der Waals surface area contributed by atoms with E-state index in [1.54, 1.807) is 0 Å². The average molecular weight is 138 g/mol. The Kier molecular flexibility index (Phi) is 1.19. The Morgan fingerprint density at radius 3 is 2.10 bits per heavy atom. The van der Waals surface area contributed by atoms with Crippen molar-refractivity contribution in [3.63, 3.8) is 0 Å². The second-order valence-electron chi connectivity index (χ2n) is 4.92. The summed E-state index contributed by atoms with van der Waals surface area (Å²) in [6, 6.07) is 0. The predicted molar refractivity (Wildman–Crippen MR) is 43.8 cm³/mol. The van der Waals surface area contributed by atoms with Crippen molar-refractivity contribution in [2.24, 2.45) is 23.2 Å². The molecule has 0 aromatic rings. The highest BCUT2D eigenvalue weighted by Crippen LogP contribution is 2.59. The van der Waals surface area contributed by atoms with Crippen LogP contribution in [0.25, 0.3) is 0 Å². The van der Waals surface area contributed by atoms with E-state index in [0.717, 1.165) is 17.8 Å². The standard InChI is InChI=1S/C10H18/c1-7-6-8-4-5-9(7)10(8,2)3/h7-9H,4-6H2,1-3H3/t7?,8-,9+/m0/s1. The lowest BCUT2D eigenvalue weighted by atomic mass is 9.80. The van der Waals surface area contributed by atoms with Crippen LogP contribution in [0.1, 0.15) is 40.0 Å². The normalized spacial score (nSPS) is 50.1. The molecule has 2 fully saturated rings. The van der Waals surface area contributed by atoms with E-state index in [1.807, 2.05) is 0 Å². The van der Waals surface area contributed by atoms with Crippen LogP contribution in [0.4, 0.5) is 0 Å². The molecule has 0 heteroatoms. The van der Waals surface area contributed by atoms with Crippen LogP contribution in [0, 0.1) is 23.2 Å². The third-order valence-corrected chi connectivity index (χ3v) is 4.18. The summed E-state index contributed by atoms with van der Waals surface area (Å²) in [5.74, 6) is 3.14. The third kappa shape index (κ3) is 0.627. The van der Waals surface area contributed by atoms with Gasteiger partial charge >= 0.3 is 0 Å². The van der Waals surface area contributed by atoms with E-state index in [-0.39, 0.29) is 0 Å². The van der Waals surface area contributed by atoms with E-state index in [2.05, 4.69) is 20.8 Å². The van der Waals surface area contributed by atoms with Crippen LogP contribution in [0.2, 0.25) is 0 Å². The molecular weight excluding hydrogens is 120 g/mol. The monoisotopic (exact) mass is 138 g/mol. The predicted octanol–water partition coefficient (Wildman–Crippen LogP) is 3.08. The first-order chi connectivity index (χ1) is 4.62. The first-order valence-corrected chi connectivity index (χ1v) is 4.62.